The topological polar surface area (TPSA) is 120 Å². The van der Waals surface area contributed by atoms with E-state index in [4.69, 9.17) is 10.6 Å². The fraction of sp³-hybridized carbons (Fsp3) is 0.462. The van der Waals surface area contributed by atoms with Crippen molar-refractivity contribution in [3.8, 4) is 0 Å². The fourth-order valence-corrected chi connectivity index (χ4v) is 2.28. The number of hydrazine groups is 1. The molecule has 1 fully saturated rings. The molecule has 0 aliphatic heterocycles. The summed E-state index contributed by atoms with van der Waals surface area (Å²) in [7, 11) is 0. The Morgan fingerprint density at radius 1 is 1.52 bits per heavy atom. The Morgan fingerprint density at radius 3 is 2.81 bits per heavy atom. The quantitative estimate of drug-likeness (QED) is 0.411. The van der Waals surface area contributed by atoms with E-state index in [9.17, 15) is 14.9 Å². The second kappa shape index (κ2) is 6.51. The third kappa shape index (κ3) is 3.47. The van der Waals surface area contributed by atoms with Gasteiger partial charge < -0.3 is 15.5 Å². The second-order valence-corrected chi connectivity index (χ2v) is 4.85. The summed E-state index contributed by atoms with van der Waals surface area (Å²) in [6.07, 6.45) is 1.78. The molecule has 1 amide bonds. The molecule has 0 radical (unpaired) electrons. The van der Waals surface area contributed by atoms with E-state index in [1.165, 1.54) is 18.2 Å². The van der Waals surface area contributed by atoms with Crippen LogP contribution in [0.4, 0.5) is 11.4 Å². The molecule has 0 bridgehead atoms. The number of carbonyl (C=O) groups is 1. The summed E-state index contributed by atoms with van der Waals surface area (Å²) in [6.45, 7) is 2.60. The predicted molar refractivity (Wildman–Crippen MR) is 76.8 cm³/mol. The maximum absolute atomic E-state index is 12.1. The summed E-state index contributed by atoms with van der Waals surface area (Å²) >= 11 is 0. The van der Waals surface area contributed by atoms with Crippen LogP contribution < -0.4 is 16.6 Å². The van der Waals surface area contributed by atoms with Crippen LogP contribution in [0.25, 0.3) is 0 Å². The molecule has 8 heteroatoms. The average Bonchev–Trinajstić information content (AvgIpc) is 2.44. The van der Waals surface area contributed by atoms with Crippen molar-refractivity contribution >= 4 is 17.3 Å². The van der Waals surface area contributed by atoms with Gasteiger partial charge in [0.15, 0.2) is 0 Å². The molecule has 1 aliphatic carbocycles. The van der Waals surface area contributed by atoms with E-state index < -0.39 is 4.92 Å². The first-order valence-electron chi connectivity index (χ1n) is 6.72. The Hall–Kier alpha value is -2.19. The lowest BCUT2D eigenvalue weighted by Crippen LogP contribution is -2.47. The Bertz CT molecular complexity index is 543. The zero-order valence-corrected chi connectivity index (χ0v) is 11.7. The maximum Gasteiger partial charge on any atom is 0.293 e. The van der Waals surface area contributed by atoms with E-state index in [1.54, 1.807) is 0 Å². The zero-order chi connectivity index (χ0) is 15.4. The van der Waals surface area contributed by atoms with Crippen LogP contribution in [0.2, 0.25) is 0 Å². The molecule has 1 aromatic rings. The second-order valence-electron chi connectivity index (χ2n) is 4.85. The van der Waals surface area contributed by atoms with Gasteiger partial charge in [-0.05, 0) is 31.9 Å². The lowest BCUT2D eigenvalue weighted by Gasteiger charge is -2.35. The molecule has 0 heterocycles. The smallest absolute Gasteiger partial charge is 0.293 e. The minimum absolute atomic E-state index is 0.0820. The van der Waals surface area contributed by atoms with Gasteiger partial charge in [-0.2, -0.15) is 0 Å². The van der Waals surface area contributed by atoms with E-state index >= 15 is 0 Å². The molecule has 0 saturated heterocycles. The van der Waals surface area contributed by atoms with Gasteiger partial charge in [0.1, 0.15) is 5.69 Å². The highest BCUT2D eigenvalue weighted by molar-refractivity contribution is 5.96. The third-order valence-corrected chi connectivity index (χ3v) is 3.44. The van der Waals surface area contributed by atoms with Crippen LogP contribution in [-0.2, 0) is 4.74 Å². The number of anilines is 1. The molecule has 1 aliphatic rings. The summed E-state index contributed by atoms with van der Waals surface area (Å²) < 4.78 is 5.42. The lowest BCUT2D eigenvalue weighted by molar-refractivity contribution is -0.384. The molecular weight excluding hydrogens is 276 g/mol. The first-order chi connectivity index (χ1) is 10.0. The Labute approximate surface area is 121 Å². The number of carbonyl (C=O) groups excluding carboxylic acids is 1. The summed E-state index contributed by atoms with van der Waals surface area (Å²) in [5.74, 6) is 4.97. The van der Waals surface area contributed by atoms with E-state index in [2.05, 4.69) is 10.7 Å². The van der Waals surface area contributed by atoms with E-state index in [0.29, 0.717) is 12.2 Å². The highest BCUT2D eigenvalue weighted by Gasteiger charge is 2.31. The minimum Gasteiger partial charge on any atom is -0.378 e. The number of hydrogen-bond donors (Lipinski definition) is 3. The van der Waals surface area contributed by atoms with Crippen molar-refractivity contribution in [3.05, 3.63) is 33.9 Å². The average molecular weight is 294 g/mol. The number of ether oxygens (including phenoxy) is 1. The molecule has 1 saturated carbocycles. The van der Waals surface area contributed by atoms with E-state index in [0.717, 1.165) is 12.8 Å². The number of hydrogen-bond acceptors (Lipinski definition) is 6. The molecule has 4 N–H and O–H groups in total. The Balaban J connectivity index is 1.99. The van der Waals surface area contributed by atoms with Crippen LogP contribution in [0.15, 0.2) is 18.2 Å². The van der Waals surface area contributed by atoms with Crippen molar-refractivity contribution < 1.29 is 14.5 Å². The Morgan fingerprint density at radius 2 is 2.24 bits per heavy atom. The van der Waals surface area contributed by atoms with Gasteiger partial charge in [-0.1, -0.05) is 0 Å². The predicted octanol–water partition coefficient (Wildman–Crippen LogP) is 1.18. The highest BCUT2D eigenvalue weighted by atomic mass is 16.6. The van der Waals surface area contributed by atoms with Gasteiger partial charge in [-0.25, -0.2) is 0 Å². The summed E-state index contributed by atoms with van der Waals surface area (Å²) in [5.41, 5.74) is 2.50. The molecular formula is C13H18N4O4. The van der Waals surface area contributed by atoms with Crippen molar-refractivity contribution in [1.29, 1.82) is 0 Å². The molecule has 0 atom stereocenters. The van der Waals surface area contributed by atoms with Crippen LogP contribution in [-0.4, -0.2) is 29.6 Å². The number of nitro benzene ring substituents is 1. The highest BCUT2D eigenvalue weighted by Crippen LogP contribution is 2.26. The van der Waals surface area contributed by atoms with E-state index in [-0.39, 0.29) is 29.4 Å². The lowest BCUT2D eigenvalue weighted by atomic mass is 9.89. The van der Waals surface area contributed by atoms with Gasteiger partial charge in [-0.3, -0.25) is 20.8 Å². The van der Waals surface area contributed by atoms with Crippen LogP contribution in [0.5, 0.6) is 0 Å². The molecule has 0 spiro atoms. The minimum atomic E-state index is -0.560. The summed E-state index contributed by atoms with van der Waals surface area (Å²) in [4.78, 5) is 22.3. The number of benzene rings is 1. The molecule has 114 valence electrons. The number of nitrogens with one attached hydrogen (secondary N) is 2. The number of rotatable bonds is 6. The summed E-state index contributed by atoms with van der Waals surface area (Å²) in [6, 6.07) is 4.12. The molecule has 0 aromatic heterocycles. The van der Waals surface area contributed by atoms with Crippen molar-refractivity contribution in [2.75, 3.05) is 12.0 Å². The fourth-order valence-electron chi connectivity index (χ4n) is 2.28. The first-order valence-corrected chi connectivity index (χ1v) is 6.72. The summed E-state index contributed by atoms with van der Waals surface area (Å²) in [5, 5.41) is 13.7. The molecule has 2 rings (SSSR count). The molecule has 1 aromatic carbocycles. The van der Waals surface area contributed by atoms with E-state index in [1.807, 2.05) is 6.92 Å². The number of nitro groups is 1. The van der Waals surface area contributed by atoms with Gasteiger partial charge in [0.25, 0.3) is 11.6 Å². The van der Waals surface area contributed by atoms with Gasteiger partial charge in [0, 0.05) is 24.3 Å². The normalized spacial score (nSPS) is 20.5. The first kappa shape index (κ1) is 15.2. The number of nitrogens with two attached hydrogens (primary N) is 1. The van der Waals surface area contributed by atoms with Crippen LogP contribution in [0, 0.1) is 10.1 Å². The van der Waals surface area contributed by atoms with Crippen LogP contribution in [0.3, 0.4) is 0 Å². The van der Waals surface area contributed by atoms with Crippen molar-refractivity contribution in [2.24, 2.45) is 5.84 Å². The van der Waals surface area contributed by atoms with Crippen LogP contribution in [0.1, 0.15) is 30.1 Å². The maximum atomic E-state index is 12.1. The van der Waals surface area contributed by atoms with Gasteiger partial charge in [0.2, 0.25) is 0 Å². The zero-order valence-electron chi connectivity index (χ0n) is 11.7. The number of nitrogens with zero attached hydrogens (tertiary/aromatic N) is 1. The molecule has 8 nitrogen and oxygen atoms in total. The van der Waals surface area contributed by atoms with Gasteiger partial charge in [0.05, 0.1) is 11.0 Å². The number of amides is 1. The molecule has 21 heavy (non-hydrogen) atoms. The SMILES string of the molecule is CCOC1CC(NC(=O)c2ccc([N+](=O)[O-])c(NN)c2)C1. The third-order valence-electron chi connectivity index (χ3n) is 3.44. The number of nitrogen functional groups attached to an aromatic ring is 1. The molecule has 0 unspecified atom stereocenters. The Kier molecular flexibility index (Phi) is 4.71. The van der Waals surface area contributed by atoms with Gasteiger partial charge in [-0.15, -0.1) is 0 Å². The largest absolute Gasteiger partial charge is 0.378 e. The van der Waals surface area contributed by atoms with Crippen molar-refractivity contribution in [3.63, 3.8) is 0 Å². The van der Waals surface area contributed by atoms with Crippen LogP contribution >= 0.6 is 0 Å². The van der Waals surface area contributed by atoms with Gasteiger partial charge >= 0.3 is 0 Å². The van der Waals surface area contributed by atoms with Crippen molar-refractivity contribution in [2.45, 2.75) is 31.9 Å². The standard InChI is InChI=1S/C13H18N4O4/c1-2-21-10-6-9(7-10)15-13(18)8-3-4-12(17(19)20)11(5-8)16-14/h3-5,9-10,16H,2,6-7,14H2,1H3,(H,15,18). The monoisotopic (exact) mass is 294 g/mol. The van der Waals surface area contributed by atoms with Crippen molar-refractivity contribution in [1.82, 2.24) is 5.32 Å².